The Labute approximate surface area is 170 Å². The molecule has 3 aromatic carbocycles. The Morgan fingerprint density at radius 3 is 2.41 bits per heavy atom. The van der Waals surface area contributed by atoms with Crippen molar-refractivity contribution >= 4 is 29.0 Å². The van der Waals surface area contributed by atoms with Gasteiger partial charge in [0, 0.05) is 23.6 Å². The maximum atomic E-state index is 12.7. The van der Waals surface area contributed by atoms with Gasteiger partial charge in [-0.1, -0.05) is 48.5 Å². The van der Waals surface area contributed by atoms with Crippen molar-refractivity contribution in [2.45, 2.75) is 19.8 Å². The summed E-state index contributed by atoms with van der Waals surface area (Å²) >= 11 is 0. The zero-order valence-electron chi connectivity index (χ0n) is 16.3. The summed E-state index contributed by atoms with van der Waals surface area (Å²) in [6.45, 7) is 2.68. The monoisotopic (exact) mass is 385 g/mol. The van der Waals surface area contributed by atoms with Gasteiger partial charge in [0.05, 0.1) is 6.42 Å². The van der Waals surface area contributed by atoms with E-state index in [4.69, 9.17) is 0 Å². The molecule has 3 amide bonds. The predicted octanol–water partition coefficient (Wildman–Crippen LogP) is 4.77. The van der Waals surface area contributed by atoms with Crippen LogP contribution in [-0.2, 0) is 17.6 Å². The minimum Gasteiger partial charge on any atom is -0.312 e. The molecule has 3 aromatic rings. The molecule has 4 rings (SSSR count). The highest BCUT2D eigenvalue weighted by Gasteiger charge is 2.23. The number of fused-ring (bicyclic) bond motifs is 1. The van der Waals surface area contributed by atoms with Gasteiger partial charge in [-0.2, -0.15) is 0 Å². The summed E-state index contributed by atoms with van der Waals surface area (Å²) in [7, 11) is 0. The number of nitrogens with zero attached hydrogens (tertiary/aromatic N) is 1. The largest absolute Gasteiger partial charge is 0.323 e. The van der Waals surface area contributed by atoms with Gasteiger partial charge in [0.1, 0.15) is 0 Å². The van der Waals surface area contributed by atoms with Crippen LogP contribution >= 0.6 is 0 Å². The normalized spacial score (nSPS) is 12.4. The van der Waals surface area contributed by atoms with Crippen LogP contribution in [0.25, 0.3) is 0 Å². The molecule has 146 valence electrons. The van der Waals surface area contributed by atoms with Crippen molar-refractivity contribution in [2.24, 2.45) is 0 Å². The van der Waals surface area contributed by atoms with Crippen LogP contribution in [0.4, 0.5) is 21.9 Å². The molecule has 2 N–H and O–H groups in total. The number of para-hydroxylation sites is 2. The summed E-state index contributed by atoms with van der Waals surface area (Å²) in [5.41, 5.74) is 5.62. The third-order valence-electron chi connectivity index (χ3n) is 5.15. The molecule has 0 aromatic heterocycles. The Morgan fingerprint density at radius 2 is 1.62 bits per heavy atom. The summed E-state index contributed by atoms with van der Waals surface area (Å²) in [6, 6.07) is 22.8. The van der Waals surface area contributed by atoms with Gasteiger partial charge in [0.15, 0.2) is 0 Å². The first-order chi connectivity index (χ1) is 14.1. The molecule has 0 atom stereocenters. The fourth-order valence-electron chi connectivity index (χ4n) is 3.57. The topological polar surface area (TPSA) is 61.4 Å². The molecule has 0 radical (unpaired) electrons. The van der Waals surface area contributed by atoms with Gasteiger partial charge in [0.2, 0.25) is 5.91 Å². The molecule has 29 heavy (non-hydrogen) atoms. The molecule has 1 heterocycles. The number of benzene rings is 3. The molecule has 0 spiro atoms. The molecule has 5 nitrogen and oxygen atoms in total. The van der Waals surface area contributed by atoms with Crippen molar-refractivity contribution in [1.29, 1.82) is 0 Å². The molecule has 1 aliphatic rings. The Bertz CT molecular complexity index is 1040. The van der Waals surface area contributed by atoms with Gasteiger partial charge in [-0.05, 0) is 54.3 Å². The number of nitrogens with one attached hydrogen (secondary N) is 2. The highest BCUT2D eigenvalue weighted by molar-refractivity contribution is 6.00. The van der Waals surface area contributed by atoms with E-state index in [2.05, 4.69) is 16.7 Å². The molecule has 0 saturated carbocycles. The van der Waals surface area contributed by atoms with Gasteiger partial charge in [-0.25, -0.2) is 4.79 Å². The van der Waals surface area contributed by atoms with Crippen molar-refractivity contribution in [1.82, 2.24) is 0 Å². The van der Waals surface area contributed by atoms with E-state index >= 15 is 0 Å². The molecule has 5 heteroatoms. The lowest BCUT2D eigenvalue weighted by molar-refractivity contribution is -0.117. The van der Waals surface area contributed by atoms with Gasteiger partial charge in [-0.15, -0.1) is 0 Å². The van der Waals surface area contributed by atoms with Crippen molar-refractivity contribution in [2.75, 3.05) is 22.1 Å². The van der Waals surface area contributed by atoms with Crippen molar-refractivity contribution < 1.29 is 9.59 Å². The average Bonchev–Trinajstić information content (AvgIpc) is 3.15. The maximum absolute atomic E-state index is 12.7. The van der Waals surface area contributed by atoms with Crippen LogP contribution in [0.2, 0.25) is 0 Å². The van der Waals surface area contributed by atoms with E-state index < -0.39 is 0 Å². The third kappa shape index (κ3) is 4.29. The van der Waals surface area contributed by atoms with Crippen LogP contribution in [0.3, 0.4) is 0 Å². The van der Waals surface area contributed by atoms with E-state index in [1.807, 2.05) is 78.6 Å². The lowest BCUT2D eigenvalue weighted by Crippen LogP contribution is -2.30. The first-order valence-corrected chi connectivity index (χ1v) is 9.71. The van der Waals surface area contributed by atoms with Crippen molar-refractivity contribution in [3.63, 3.8) is 0 Å². The Kier molecular flexibility index (Phi) is 5.29. The number of anilines is 3. The van der Waals surface area contributed by atoms with Crippen LogP contribution in [0.5, 0.6) is 0 Å². The minimum atomic E-state index is -0.295. The van der Waals surface area contributed by atoms with E-state index in [1.54, 1.807) is 0 Å². The van der Waals surface area contributed by atoms with Crippen LogP contribution in [0, 0.1) is 6.92 Å². The fourth-order valence-corrected chi connectivity index (χ4v) is 3.57. The number of hydrogen-bond donors (Lipinski definition) is 2. The average molecular weight is 385 g/mol. The second kappa shape index (κ2) is 8.19. The van der Waals surface area contributed by atoms with Crippen molar-refractivity contribution in [3.05, 3.63) is 89.5 Å². The number of amides is 3. The van der Waals surface area contributed by atoms with Crippen LogP contribution in [0.1, 0.15) is 16.7 Å². The van der Waals surface area contributed by atoms with Gasteiger partial charge in [-0.3, -0.25) is 4.79 Å². The summed E-state index contributed by atoms with van der Waals surface area (Å²) in [4.78, 5) is 26.8. The number of carbonyl (C=O) groups excluding carboxylic acids is 2. The molecule has 0 bridgehead atoms. The minimum absolute atomic E-state index is 0.0907. The van der Waals surface area contributed by atoms with E-state index in [9.17, 15) is 9.59 Å². The van der Waals surface area contributed by atoms with Crippen LogP contribution in [-0.4, -0.2) is 18.5 Å². The van der Waals surface area contributed by atoms with Crippen LogP contribution in [0.15, 0.2) is 72.8 Å². The summed E-state index contributed by atoms with van der Waals surface area (Å²) in [5, 5.41) is 5.66. The number of aryl methyl sites for hydroxylation is 1. The Balaban J connectivity index is 1.35. The lowest BCUT2D eigenvalue weighted by atomic mass is 10.1. The molecule has 0 saturated heterocycles. The van der Waals surface area contributed by atoms with Crippen LogP contribution < -0.4 is 15.5 Å². The second-order valence-corrected chi connectivity index (χ2v) is 7.19. The number of carbonyl (C=O) groups is 2. The van der Waals surface area contributed by atoms with Crippen molar-refractivity contribution in [3.8, 4) is 0 Å². The summed E-state index contributed by atoms with van der Waals surface area (Å²) in [6.07, 6.45) is 1.24. The number of urea groups is 1. The quantitative estimate of drug-likeness (QED) is 0.679. The molecular formula is C24H23N3O2. The zero-order valence-corrected chi connectivity index (χ0v) is 16.3. The first-order valence-electron chi connectivity index (χ1n) is 9.71. The first kappa shape index (κ1) is 18.7. The highest BCUT2D eigenvalue weighted by Crippen LogP contribution is 2.28. The van der Waals surface area contributed by atoms with Gasteiger partial charge < -0.3 is 15.5 Å². The Morgan fingerprint density at radius 1 is 0.897 bits per heavy atom. The molecule has 0 unspecified atom stereocenters. The van der Waals surface area contributed by atoms with E-state index in [0.717, 1.165) is 35.5 Å². The highest BCUT2D eigenvalue weighted by atomic mass is 16.2. The van der Waals surface area contributed by atoms with E-state index in [1.165, 1.54) is 5.56 Å². The van der Waals surface area contributed by atoms with Gasteiger partial charge in [0.25, 0.3) is 0 Å². The van der Waals surface area contributed by atoms with Gasteiger partial charge >= 0.3 is 6.03 Å². The standard InChI is InChI=1S/C24H23N3O2/c1-17-6-2-4-8-21(17)26-24(29)25-20-12-10-18(11-13-20)16-23(28)27-15-14-19-7-3-5-9-22(19)27/h2-13H,14-16H2,1H3,(H2,25,26,29). The number of hydrogen-bond acceptors (Lipinski definition) is 2. The smallest absolute Gasteiger partial charge is 0.312 e. The summed E-state index contributed by atoms with van der Waals surface area (Å²) in [5.74, 6) is 0.0907. The molecule has 0 aliphatic carbocycles. The van der Waals surface area contributed by atoms with E-state index in [0.29, 0.717) is 12.1 Å². The lowest BCUT2D eigenvalue weighted by Gasteiger charge is -2.17. The molecular weight excluding hydrogens is 362 g/mol. The second-order valence-electron chi connectivity index (χ2n) is 7.19. The fraction of sp³-hybridized carbons (Fsp3) is 0.167. The zero-order chi connectivity index (χ0) is 20.2. The summed E-state index contributed by atoms with van der Waals surface area (Å²) < 4.78 is 0. The maximum Gasteiger partial charge on any atom is 0.323 e. The Hall–Kier alpha value is -3.60. The molecule has 0 fully saturated rings. The third-order valence-corrected chi connectivity index (χ3v) is 5.15. The number of rotatable bonds is 4. The SMILES string of the molecule is Cc1ccccc1NC(=O)Nc1ccc(CC(=O)N2CCc3ccccc32)cc1. The predicted molar refractivity (Wildman–Crippen MR) is 116 cm³/mol. The van der Waals surface area contributed by atoms with E-state index in [-0.39, 0.29) is 11.9 Å². The molecule has 1 aliphatic heterocycles.